The summed E-state index contributed by atoms with van der Waals surface area (Å²) in [6.45, 7) is 4.01. The van der Waals surface area contributed by atoms with Crippen LogP contribution in [0.3, 0.4) is 0 Å². The predicted octanol–water partition coefficient (Wildman–Crippen LogP) is 6.18. The van der Waals surface area contributed by atoms with Crippen LogP contribution in [-0.2, 0) is 0 Å². The van der Waals surface area contributed by atoms with Crippen molar-refractivity contribution in [3.05, 3.63) is 113 Å². The van der Waals surface area contributed by atoms with E-state index in [0.29, 0.717) is 5.02 Å². The van der Waals surface area contributed by atoms with Gasteiger partial charge < -0.3 is 4.74 Å². The lowest BCUT2D eigenvalue weighted by Crippen LogP contribution is -2.11. The molecule has 150 valence electrons. The van der Waals surface area contributed by atoms with E-state index in [1.54, 1.807) is 11.0 Å². The Morgan fingerprint density at radius 3 is 2.07 bits per heavy atom. The van der Waals surface area contributed by atoms with Gasteiger partial charge in [0.25, 0.3) is 0 Å². The molecule has 0 aliphatic carbocycles. The first-order valence-electron chi connectivity index (χ1n) is 9.80. The Kier molecular flexibility index (Phi) is 5.96. The lowest BCUT2D eigenvalue weighted by molar-refractivity contribution is 0.241. The topological polar surface area (TPSA) is 39.9 Å². The molecule has 0 unspecified atom stereocenters. The molecule has 0 aliphatic heterocycles. The van der Waals surface area contributed by atoms with Gasteiger partial charge in [-0.1, -0.05) is 72.3 Å². The Morgan fingerprint density at radius 1 is 0.900 bits per heavy atom. The fourth-order valence-electron chi connectivity index (χ4n) is 3.39. The summed E-state index contributed by atoms with van der Waals surface area (Å²) in [5, 5.41) is 5.09. The van der Waals surface area contributed by atoms with Crippen LogP contribution >= 0.6 is 11.6 Å². The quantitative estimate of drug-likeness (QED) is 0.353. The molecule has 5 heteroatoms. The Morgan fingerprint density at radius 2 is 1.53 bits per heavy atom. The minimum atomic E-state index is 0.0128. The van der Waals surface area contributed by atoms with E-state index in [-0.39, 0.29) is 6.10 Å². The largest absolute Gasteiger partial charge is 0.490 e. The third kappa shape index (κ3) is 4.29. The van der Waals surface area contributed by atoms with Crippen molar-refractivity contribution in [3.63, 3.8) is 0 Å². The number of halogens is 1. The van der Waals surface area contributed by atoms with Crippen molar-refractivity contribution in [3.8, 4) is 5.75 Å². The number of hydrogen-bond acceptors (Lipinski definition) is 3. The van der Waals surface area contributed by atoms with Gasteiger partial charge in [0.05, 0.1) is 11.8 Å². The molecule has 1 aromatic heterocycles. The highest BCUT2D eigenvalue weighted by Gasteiger charge is 2.21. The zero-order valence-electron chi connectivity index (χ0n) is 16.9. The highest BCUT2D eigenvalue weighted by molar-refractivity contribution is 6.30. The van der Waals surface area contributed by atoms with Crippen LogP contribution in [0, 0.1) is 0 Å². The second-order valence-electron chi connectivity index (χ2n) is 7.10. The molecule has 0 saturated heterocycles. The molecule has 0 spiro atoms. The van der Waals surface area contributed by atoms with Gasteiger partial charge in [-0.15, -0.1) is 0 Å². The number of benzene rings is 3. The summed E-state index contributed by atoms with van der Waals surface area (Å²) in [7, 11) is 0. The van der Waals surface area contributed by atoms with Gasteiger partial charge in [0.2, 0.25) is 0 Å². The van der Waals surface area contributed by atoms with Crippen molar-refractivity contribution >= 4 is 22.9 Å². The van der Waals surface area contributed by atoms with Crippen molar-refractivity contribution in [1.29, 1.82) is 0 Å². The van der Waals surface area contributed by atoms with Gasteiger partial charge >= 0.3 is 0 Å². The van der Waals surface area contributed by atoms with Crippen LogP contribution in [0.4, 0.5) is 0 Å². The summed E-state index contributed by atoms with van der Waals surface area (Å²) < 4.78 is 7.92. The van der Waals surface area contributed by atoms with Crippen LogP contribution in [0.1, 0.15) is 30.5 Å². The maximum absolute atomic E-state index is 6.43. The molecule has 30 heavy (non-hydrogen) atoms. The molecule has 4 aromatic rings. The Balaban J connectivity index is 2.10. The standard InChI is InChI=1S/C25H22ClN3O/c1-18(2)30-23-14-13-21(26)15-22(23)25(29-17-27-16-28-29)24(19-9-5-3-6-10-19)20-11-7-4-8-12-20/h3-18H,1-2H3. The van der Waals surface area contributed by atoms with E-state index in [9.17, 15) is 0 Å². The highest BCUT2D eigenvalue weighted by Crippen LogP contribution is 2.38. The second kappa shape index (κ2) is 8.97. The average molecular weight is 416 g/mol. The molecule has 3 aromatic carbocycles. The predicted molar refractivity (Wildman–Crippen MR) is 121 cm³/mol. The van der Waals surface area contributed by atoms with Crippen LogP contribution in [-0.4, -0.2) is 20.9 Å². The minimum absolute atomic E-state index is 0.0128. The first kappa shape index (κ1) is 19.9. The van der Waals surface area contributed by atoms with Crippen molar-refractivity contribution in [2.75, 3.05) is 0 Å². The summed E-state index contributed by atoms with van der Waals surface area (Å²) in [6.07, 6.45) is 3.24. The summed E-state index contributed by atoms with van der Waals surface area (Å²) >= 11 is 6.43. The number of ether oxygens (including phenoxy) is 1. The zero-order valence-corrected chi connectivity index (χ0v) is 17.6. The van der Waals surface area contributed by atoms with E-state index >= 15 is 0 Å². The van der Waals surface area contributed by atoms with E-state index in [1.807, 2.05) is 68.4 Å². The van der Waals surface area contributed by atoms with Gasteiger partial charge in [0.1, 0.15) is 18.4 Å². The van der Waals surface area contributed by atoms with Crippen LogP contribution in [0.25, 0.3) is 11.3 Å². The van der Waals surface area contributed by atoms with E-state index in [4.69, 9.17) is 16.3 Å². The molecule has 4 nitrogen and oxygen atoms in total. The first-order valence-corrected chi connectivity index (χ1v) is 10.2. The van der Waals surface area contributed by atoms with Gasteiger partial charge in [-0.2, -0.15) is 5.10 Å². The van der Waals surface area contributed by atoms with E-state index in [2.05, 4.69) is 34.3 Å². The summed E-state index contributed by atoms with van der Waals surface area (Å²) in [4.78, 5) is 4.20. The molecule has 0 aliphatic rings. The van der Waals surface area contributed by atoms with E-state index in [0.717, 1.165) is 33.7 Å². The number of nitrogens with zero attached hydrogens (tertiary/aromatic N) is 3. The summed E-state index contributed by atoms with van der Waals surface area (Å²) in [5.74, 6) is 0.740. The van der Waals surface area contributed by atoms with Crippen LogP contribution in [0.15, 0.2) is 91.5 Å². The number of rotatable bonds is 6. The Bertz CT molecular complexity index is 1100. The van der Waals surface area contributed by atoms with Crippen LogP contribution in [0.2, 0.25) is 5.02 Å². The fraction of sp³-hybridized carbons (Fsp3) is 0.120. The molecule has 1 heterocycles. The van der Waals surface area contributed by atoms with Crippen molar-refractivity contribution in [1.82, 2.24) is 14.8 Å². The third-order valence-corrected chi connectivity index (χ3v) is 4.80. The fourth-order valence-corrected chi connectivity index (χ4v) is 3.56. The summed E-state index contributed by atoms with van der Waals surface area (Å²) in [5.41, 5.74) is 4.83. The van der Waals surface area contributed by atoms with E-state index < -0.39 is 0 Å². The smallest absolute Gasteiger partial charge is 0.138 e. The maximum atomic E-state index is 6.43. The lowest BCUT2D eigenvalue weighted by atomic mass is 9.93. The normalized spacial score (nSPS) is 10.8. The number of hydrogen-bond donors (Lipinski definition) is 0. The average Bonchev–Trinajstić information content (AvgIpc) is 3.29. The summed E-state index contributed by atoms with van der Waals surface area (Å²) in [6, 6.07) is 26.2. The molecule has 0 amide bonds. The van der Waals surface area contributed by atoms with Crippen LogP contribution in [0.5, 0.6) is 5.75 Å². The van der Waals surface area contributed by atoms with Crippen LogP contribution < -0.4 is 4.74 Å². The monoisotopic (exact) mass is 415 g/mol. The van der Waals surface area contributed by atoms with Crippen molar-refractivity contribution < 1.29 is 4.74 Å². The molecular formula is C25H22ClN3O. The molecule has 0 radical (unpaired) electrons. The van der Waals surface area contributed by atoms with Crippen molar-refractivity contribution in [2.45, 2.75) is 20.0 Å². The third-order valence-electron chi connectivity index (χ3n) is 4.57. The second-order valence-corrected chi connectivity index (χ2v) is 7.54. The minimum Gasteiger partial charge on any atom is -0.490 e. The molecule has 0 N–H and O–H groups in total. The molecular weight excluding hydrogens is 394 g/mol. The molecule has 0 saturated carbocycles. The Hall–Kier alpha value is -3.37. The molecule has 4 rings (SSSR count). The number of aromatic nitrogens is 3. The van der Waals surface area contributed by atoms with Gasteiger partial charge in [-0.05, 0) is 43.2 Å². The van der Waals surface area contributed by atoms with Gasteiger partial charge in [0, 0.05) is 16.2 Å². The maximum Gasteiger partial charge on any atom is 0.138 e. The lowest BCUT2D eigenvalue weighted by Gasteiger charge is -2.21. The highest BCUT2D eigenvalue weighted by atomic mass is 35.5. The van der Waals surface area contributed by atoms with Gasteiger partial charge in [-0.3, -0.25) is 0 Å². The first-order chi connectivity index (χ1) is 14.6. The van der Waals surface area contributed by atoms with E-state index in [1.165, 1.54) is 6.33 Å². The Labute approximate surface area is 181 Å². The molecule has 0 atom stereocenters. The van der Waals surface area contributed by atoms with Gasteiger partial charge in [0.15, 0.2) is 0 Å². The SMILES string of the molecule is CC(C)Oc1ccc(Cl)cc1C(=C(c1ccccc1)c1ccccc1)n1cncn1. The van der Waals surface area contributed by atoms with Gasteiger partial charge in [-0.25, -0.2) is 9.67 Å². The zero-order chi connectivity index (χ0) is 20.9. The molecule has 0 bridgehead atoms. The van der Waals surface area contributed by atoms with Crippen molar-refractivity contribution in [2.24, 2.45) is 0 Å². The molecule has 0 fully saturated rings.